The molecule has 27 heavy (non-hydrogen) atoms. The number of aromatic nitrogens is 4. The number of rotatable bonds is 4. The molecule has 0 unspecified atom stereocenters. The summed E-state index contributed by atoms with van der Waals surface area (Å²) in [6.45, 7) is 0.804. The van der Waals surface area contributed by atoms with Crippen LogP contribution in [0.15, 0.2) is 17.2 Å². The molecule has 1 amide bonds. The number of carbonyl (C=O) groups excluding carboxylic acids is 1. The van der Waals surface area contributed by atoms with Crippen molar-refractivity contribution in [3.8, 4) is 0 Å². The zero-order valence-corrected chi connectivity index (χ0v) is 15.9. The Labute approximate surface area is 155 Å². The van der Waals surface area contributed by atoms with Gasteiger partial charge in [0.25, 0.3) is 5.91 Å². The van der Waals surface area contributed by atoms with Gasteiger partial charge in [0, 0.05) is 38.9 Å². The van der Waals surface area contributed by atoms with Crippen LogP contribution < -0.4 is 0 Å². The first-order chi connectivity index (χ1) is 12.6. The van der Waals surface area contributed by atoms with Gasteiger partial charge in [-0.1, -0.05) is 0 Å². The highest BCUT2D eigenvalue weighted by Crippen LogP contribution is 2.21. The zero-order chi connectivity index (χ0) is 19.9. The fourth-order valence-corrected chi connectivity index (χ4v) is 4.56. The lowest BCUT2D eigenvalue weighted by Gasteiger charge is -2.33. The van der Waals surface area contributed by atoms with Crippen LogP contribution in [0, 0.1) is 13.8 Å². The fraction of sp³-hybridized carbons (Fsp3) is 0.533. The molecule has 12 heteroatoms. The summed E-state index contributed by atoms with van der Waals surface area (Å²) in [7, 11) is -2.05. The molecule has 0 aliphatic carbocycles. The van der Waals surface area contributed by atoms with E-state index >= 15 is 0 Å². The minimum Gasteiger partial charge on any atom is -0.335 e. The molecular weight excluding hydrogens is 382 g/mol. The number of hydrogen-bond donors (Lipinski definition) is 0. The summed E-state index contributed by atoms with van der Waals surface area (Å²) in [5, 5.41) is 7.61. The second-order valence-corrected chi connectivity index (χ2v) is 8.21. The fourth-order valence-electron chi connectivity index (χ4n) is 2.95. The summed E-state index contributed by atoms with van der Waals surface area (Å²) in [5.41, 5.74) is 0.635. The van der Waals surface area contributed by atoms with Crippen LogP contribution >= 0.6 is 0 Å². The molecule has 9 nitrogen and oxygen atoms in total. The average molecular weight is 402 g/mol. The summed E-state index contributed by atoms with van der Waals surface area (Å²) in [6, 6.07) is 1.30. The molecule has 1 saturated heterocycles. The molecule has 2 aromatic rings. The number of amides is 1. The van der Waals surface area contributed by atoms with Crippen LogP contribution in [0.25, 0.3) is 0 Å². The van der Waals surface area contributed by atoms with Gasteiger partial charge < -0.3 is 4.90 Å². The van der Waals surface area contributed by atoms with Gasteiger partial charge in [0.05, 0.1) is 11.9 Å². The predicted octanol–water partition coefficient (Wildman–Crippen LogP) is 0.775. The third-order valence-electron chi connectivity index (χ3n) is 4.66. The van der Waals surface area contributed by atoms with Crippen LogP contribution in [0.2, 0.25) is 0 Å². The Balaban J connectivity index is 1.71. The molecular formula is C15H20F2N6O3S. The van der Waals surface area contributed by atoms with Crippen molar-refractivity contribution in [1.82, 2.24) is 28.8 Å². The molecule has 3 rings (SSSR count). The number of halogens is 2. The average Bonchev–Trinajstić information content (AvgIpc) is 3.18. The largest absolute Gasteiger partial charge is 0.335 e. The van der Waals surface area contributed by atoms with E-state index in [4.69, 9.17) is 0 Å². The first-order valence-electron chi connectivity index (χ1n) is 8.25. The Hall–Kier alpha value is -2.34. The van der Waals surface area contributed by atoms with Crippen molar-refractivity contribution >= 4 is 15.9 Å². The first kappa shape index (κ1) is 19.4. The molecule has 0 atom stereocenters. The summed E-state index contributed by atoms with van der Waals surface area (Å²) in [4.78, 5) is 14.0. The van der Waals surface area contributed by atoms with E-state index < -0.39 is 22.5 Å². The molecule has 2 aromatic heterocycles. The Morgan fingerprint density at radius 1 is 1.19 bits per heavy atom. The summed E-state index contributed by atoms with van der Waals surface area (Å²) in [6.07, 6.45) is 1.31. The second-order valence-electron chi connectivity index (χ2n) is 6.31. The van der Waals surface area contributed by atoms with Gasteiger partial charge in [-0.05, 0) is 19.9 Å². The quantitative estimate of drug-likeness (QED) is 0.753. The van der Waals surface area contributed by atoms with Gasteiger partial charge in [-0.3, -0.25) is 9.48 Å². The van der Waals surface area contributed by atoms with E-state index in [1.807, 2.05) is 0 Å². The van der Waals surface area contributed by atoms with Gasteiger partial charge in [-0.25, -0.2) is 13.1 Å². The maximum absolute atomic E-state index is 12.8. The molecule has 0 saturated carbocycles. The standard InChI is InChI=1S/C15H20F2N6O3S/c1-10-8-12(19-23(10)15(16)17)14(24)21-4-6-22(7-5-21)27(25,26)13-9-18-20(3)11(13)2/h8-9,15H,4-7H2,1-3H3. The van der Waals surface area contributed by atoms with E-state index in [0.717, 1.165) is 0 Å². The van der Waals surface area contributed by atoms with Gasteiger partial charge in [-0.2, -0.15) is 23.3 Å². The Kier molecular flexibility index (Phi) is 5.04. The minimum absolute atomic E-state index is 0.0767. The van der Waals surface area contributed by atoms with E-state index in [9.17, 15) is 22.0 Å². The second kappa shape index (κ2) is 7.00. The number of hydrogen-bond acceptors (Lipinski definition) is 5. The number of aryl methyl sites for hydroxylation is 2. The predicted molar refractivity (Wildman–Crippen MR) is 90.8 cm³/mol. The Morgan fingerprint density at radius 3 is 2.30 bits per heavy atom. The van der Waals surface area contributed by atoms with Gasteiger partial charge in [0.2, 0.25) is 10.0 Å². The number of sulfonamides is 1. The van der Waals surface area contributed by atoms with Crippen LogP contribution in [0.3, 0.4) is 0 Å². The third kappa shape index (κ3) is 3.46. The molecule has 0 aromatic carbocycles. The zero-order valence-electron chi connectivity index (χ0n) is 15.1. The molecule has 148 valence electrons. The first-order valence-corrected chi connectivity index (χ1v) is 9.69. The topological polar surface area (TPSA) is 93.3 Å². The van der Waals surface area contributed by atoms with Crippen molar-refractivity contribution in [2.75, 3.05) is 26.2 Å². The van der Waals surface area contributed by atoms with E-state index in [1.54, 1.807) is 14.0 Å². The smallest absolute Gasteiger partial charge is 0.333 e. The summed E-state index contributed by atoms with van der Waals surface area (Å²) >= 11 is 0. The molecule has 0 bridgehead atoms. The van der Waals surface area contributed by atoms with Crippen LogP contribution in [0.5, 0.6) is 0 Å². The summed E-state index contributed by atoms with van der Waals surface area (Å²) < 4.78 is 54.4. The lowest BCUT2D eigenvalue weighted by molar-refractivity contribution is 0.0527. The van der Waals surface area contributed by atoms with Crippen molar-refractivity contribution in [2.45, 2.75) is 25.3 Å². The molecule has 0 spiro atoms. The lowest BCUT2D eigenvalue weighted by atomic mass is 10.3. The van der Waals surface area contributed by atoms with E-state index in [0.29, 0.717) is 10.4 Å². The van der Waals surface area contributed by atoms with Gasteiger partial charge in [0.15, 0.2) is 5.69 Å². The number of piperazine rings is 1. The molecule has 3 heterocycles. The van der Waals surface area contributed by atoms with E-state index in [2.05, 4.69) is 10.2 Å². The number of nitrogens with zero attached hydrogens (tertiary/aromatic N) is 6. The van der Waals surface area contributed by atoms with E-state index in [-0.39, 0.29) is 42.5 Å². The summed E-state index contributed by atoms with van der Waals surface area (Å²) in [5.74, 6) is -0.493. The van der Waals surface area contributed by atoms with Gasteiger partial charge in [0.1, 0.15) is 4.90 Å². The highest BCUT2D eigenvalue weighted by molar-refractivity contribution is 7.89. The molecule has 0 radical (unpaired) electrons. The highest BCUT2D eigenvalue weighted by Gasteiger charge is 2.33. The minimum atomic E-state index is -3.71. The van der Waals surface area contributed by atoms with E-state index in [1.165, 1.54) is 33.1 Å². The molecule has 0 N–H and O–H groups in total. The molecule has 1 aliphatic rings. The monoisotopic (exact) mass is 402 g/mol. The van der Waals surface area contributed by atoms with Crippen molar-refractivity contribution in [2.24, 2.45) is 7.05 Å². The van der Waals surface area contributed by atoms with Crippen LogP contribution in [0.1, 0.15) is 28.4 Å². The highest BCUT2D eigenvalue weighted by atomic mass is 32.2. The maximum Gasteiger partial charge on any atom is 0.333 e. The third-order valence-corrected chi connectivity index (χ3v) is 6.66. The maximum atomic E-state index is 12.8. The lowest BCUT2D eigenvalue weighted by Crippen LogP contribution is -2.50. The van der Waals surface area contributed by atoms with Crippen LogP contribution in [-0.2, 0) is 17.1 Å². The van der Waals surface area contributed by atoms with Crippen LogP contribution in [-0.4, -0.2) is 69.3 Å². The van der Waals surface area contributed by atoms with Gasteiger partial charge >= 0.3 is 6.55 Å². The van der Waals surface area contributed by atoms with Crippen molar-refractivity contribution in [3.63, 3.8) is 0 Å². The SMILES string of the molecule is Cc1c(S(=O)(=O)N2CCN(C(=O)c3cc(C)n(C(F)F)n3)CC2)cnn1C. The Bertz CT molecular complexity index is 960. The van der Waals surface area contributed by atoms with Gasteiger partial charge in [-0.15, -0.1) is 0 Å². The molecule has 1 aliphatic heterocycles. The van der Waals surface area contributed by atoms with Crippen molar-refractivity contribution in [3.05, 3.63) is 29.3 Å². The normalized spacial score (nSPS) is 16.3. The van der Waals surface area contributed by atoms with Crippen molar-refractivity contribution < 1.29 is 22.0 Å². The number of alkyl halides is 2. The van der Waals surface area contributed by atoms with Crippen molar-refractivity contribution in [1.29, 1.82) is 0 Å². The number of carbonyl (C=O) groups is 1. The molecule has 1 fully saturated rings. The Morgan fingerprint density at radius 2 is 1.81 bits per heavy atom. The van der Waals surface area contributed by atoms with Crippen LogP contribution in [0.4, 0.5) is 8.78 Å².